The maximum atomic E-state index is 8.55. The van der Waals surface area contributed by atoms with Gasteiger partial charge in [0.1, 0.15) is 0 Å². The average Bonchev–Trinajstić information content (AvgIpc) is 1.12. The van der Waals surface area contributed by atoms with Crippen molar-refractivity contribution in [2.45, 2.75) is 0 Å². The molecule has 0 amide bonds. The van der Waals surface area contributed by atoms with E-state index >= 15 is 0 Å². The van der Waals surface area contributed by atoms with E-state index in [1.807, 2.05) is 0 Å². The van der Waals surface area contributed by atoms with Crippen molar-refractivity contribution in [3.05, 3.63) is 0 Å². The van der Waals surface area contributed by atoms with Gasteiger partial charge < -0.3 is 38.5 Å². The van der Waals surface area contributed by atoms with Crippen LogP contribution in [-0.2, 0) is 26.2 Å². The Balaban J connectivity index is -0.0000000267. The van der Waals surface area contributed by atoms with Gasteiger partial charge in [-0.05, 0) is 0 Å². The molecule has 0 aliphatic rings. The molecule has 0 unspecified atom stereocenters. The van der Waals surface area contributed by atoms with Crippen LogP contribution in [0.5, 0.6) is 0 Å². The molecule has 0 aliphatic carbocycles. The summed E-state index contributed by atoms with van der Waals surface area (Å²) in [6, 6.07) is 0. The zero-order chi connectivity index (χ0) is 9.00. The van der Waals surface area contributed by atoms with E-state index in [4.69, 9.17) is 38.5 Å². The van der Waals surface area contributed by atoms with Gasteiger partial charge in [-0.1, -0.05) is 0 Å². The molecule has 0 aromatic heterocycles. The van der Waals surface area contributed by atoms with Crippen molar-refractivity contribution in [1.29, 1.82) is 0 Å². The number of hydrogen-bond donors (Lipinski definition) is 0. The molecule has 0 N–H and O–H groups in total. The molecule has 13 heteroatoms. The van der Waals surface area contributed by atoms with Crippen molar-refractivity contribution in [3.63, 3.8) is 0 Å². The topological polar surface area (TPSA) is 172 Å². The van der Waals surface area contributed by atoms with E-state index in [0.717, 1.165) is 0 Å². The molecule has 0 atom stereocenters. The van der Waals surface area contributed by atoms with Crippen LogP contribution in [-0.4, -0.2) is 0 Å². The first-order valence-electron chi connectivity index (χ1n) is 1.46. The number of phosphoric acid groups is 2. The van der Waals surface area contributed by atoms with Crippen LogP contribution >= 0.6 is 15.6 Å². The third kappa shape index (κ3) is 356. The van der Waals surface area contributed by atoms with Crippen LogP contribution in [0.4, 0.5) is 0 Å². The smallest absolute Gasteiger partial charge is 0.822 e. The SMILES string of the molecule is O=P([O-])([O-])[O-].O=P([O-])([O-])[O-].[Fe+2].[La+3].[Li+]. The quantitative estimate of drug-likeness (QED) is 0.289. The molecule has 0 rings (SSSR count). The van der Waals surface area contributed by atoms with Gasteiger partial charge >= 0.3 is 71.5 Å². The van der Waals surface area contributed by atoms with Crippen molar-refractivity contribution in [2.75, 3.05) is 0 Å². The molecule has 0 spiro atoms. The predicted molar refractivity (Wildman–Crippen MR) is 15.2 cm³/mol. The first kappa shape index (κ1) is 29.6. The van der Waals surface area contributed by atoms with E-state index in [2.05, 4.69) is 0 Å². The van der Waals surface area contributed by atoms with Crippen LogP contribution in [0.2, 0.25) is 0 Å². The Morgan fingerprint density at radius 2 is 0.692 bits per heavy atom. The Morgan fingerprint density at radius 1 is 0.692 bits per heavy atom. The molecule has 70 valence electrons. The second-order valence-corrected chi connectivity index (χ2v) is 2.68. The van der Waals surface area contributed by atoms with Gasteiger partial charge in [-0.3, -0.25) is 0 Å². The molecule has 0 saturated heterocycles. The molecule has 0 aromatic rings. The molecule has 8 nitrogen and oxygen atoms in total. The van der Waals surface area contributed by atoms with Gasteiger partial charge in [-0.15, -0.1) is 0 Å². The average molecular weight is 392 g/mol. The van der Waals surface area contributed by atoms with Crippen LogP contribution in [0.15, 0.2) is 0 Å². The first-order chi connectivity index (χ1) is 4.00. The van der Waals surface area contributed by atoms with E-state index in [1.165, 1.54) is 0 Å². The maximum absolute atomic E-state index is 8.55. The van der Waals surface area contributed by atoms with E-state index < -0.39 is 15.6 Å². The van der Waals surface area contributed by atoms with Gasteiger partial charge in [0.05, 0.1) is 0 Å². The molecule has 0 saturated carbocycles. The Morgan fingerprint density at radius 3 is 0.692 bits per heavy atom. The van der Waals surface area contributed by atoms with Crippen molar-refractivity contribution in [3.8, 4) is 0 Å². The molecule has 0 bridgehead atoms. The summed E-state index contributed by atoms with van der Waals surface area (Å²) in [7, 11) is -10.8. The number of rotatable bonds is 0. The molecule has 0 radical (unpaired) electrons. The van der Waals surface area contributed by atoms with Crippen molar-refractivity contribution >= 4 is 15.6 Å². The van der Waals surface area contributed by atoms with Gasteiger partial charge in [-0.25, -0.2) is 0 Å². The zero-order valence-electron chi connectivity index (χ0n) is 6.09. The molecule has 0 aromatic carbocycles. The molecule has 0 fully saturated rings. The second kappa shape index (κ2) is 12.6. The molecular formula is FeLaLiO8P2. The summed E-state index contributed by atoms with van der Waals surface area (Å²) in [5.41, 5.74) is 0. The molecule has 0 aliphatic heterocycles. The monoisotopic (exact) mass is 392 g/mol. The van der Waals surface area contributed by atoms with E-state index in [0.29, 0.717) is 0 Å². The van der Waals surface area contributed by atoms with Crippen LogP contribution in [0.25, 0.3) is 0 Å². The van der Waals surface area contributed by atoms with Crippen LogP contribution < -0.4 is 48.2 Å². The van der Waals surface area contributed by atoms with Gasteiger partial charge in [0, 0.05) is 0 Å². The Hall–Kier alpha value is 2.53. The summed E-state index contributed by atoms with van der Waals surface area (Å²) in [4.78, 5) is 51.3. The minimum Gasteiger partial charge on any atom is -0.822 e. The van der Waals surface area contributed by atoms with Crippen molar-refractivity contribution in [2.24, 2.45) is 0 Å². The fourth-order valence-electron chi connectivity index (χ4n) is 0. The number of hydrogen-bond acceptors (Lipinski definition) is 8. The normalized spacial score (nSPS) is 9.08. The standard InChI is InChI=1S/Fe.La.Li.2H3O4P/c;;;2*1-5(2,3)4/h;;;2*(H3,1,2,3,4)/q+2;+3;+1;;/p-6. The minimum atomic E-state index is -5.39. The third-order valence-electron chi connectivity index (χ3n) is 0. The molecule has 13 heavy (non-hydrogen) atoms. The van der Waals surface area contributed by atoms with Crippen LogP contribution in [0.3, 0.4) is 0 Å². The summed E-state index contributed by atoms with van der Waals surface area (Å²) in [5.74, 6) is 0. The van der Waals surface area contributed by atoms with Crippen LogP contribution in [0.1, 0.15) is 0 Å². The van der Waals surface area contributed by atoms with Crippen LogP contribution in [0, 0.1) is 35.6 Å². The largest absolute Gasteiger partial charge is 3.00 e. The Kier molecular flexibility index (Phi) is 28.7. The summed E-state index contributed by atoms with van der Waals surface area (Å²) in [6.45, 7) is 0. The fourth-order valence-corrected chi connectivity index (χ4v) is 0. The third-order valence-corrected chi connectivity index (χ3v) is 0. The summed E-state index contributed by atoms with van der Waals surface area (Å²) < 4.78 is 17.1. The Labute approximate surface area is 124 Å². The van der Waals surface area contributed by atoms with E-state index in [-0.39, 0.29) is 71.5 Å². The van der Waals surface area contributed by atoms with E-state index in [9.17, 15) is 0 Å². The van der Waals surface area contributed by atoms with Gasteiger partial charge in [-0.2, -0.15) is 15.6 Å². The zero-order valence-corrected chi connectivity index (χ0v) is 12.6. The maximum Gasteiger partial charge on any atom is 3.00 e. The molecule has 0 heterocycles. The van der Waals surface area contributed by atoms with Crippen molar-refractivity contribution in [1.82, 2.24) is 0 Å². The minimum absolute atomic E-state index is 0. The summed E-state index contributed by atoms with van der Waals surface area (Å²) >= 11 is 0. The fraction of sp³-hybridized carbons (Fsp3) is 0. The Bertz CT molecular complexity index is 134. The van der Waals surface area contributed by atoms with Crippen molar-refractivity contribution < 1.29 is 110 Å². The summed E-state index contributed by atoms with van der Waals surface area (Å²) in [6.07, 6.45) is 0. The predicted octanol–water partition coefficient (Wildman–Crippen LogP) is -8.65. The molecular weight excluding hydrogens is 392 g/mol. The summed E-state index contributed by atoms with van der Waals surface area (Å²) in [5, 5.41) is 0. The van der Waals surface area contributed by atoms with Gasteiger partial charge in [0.25, 0.3) is 0 Å². The first-order valence-corrected chi connectivity index (χ1v) is 4.38. The van der Waals surface area contributed by atoms with Gasteiger partial charge in [0.15, 0.2) is 0 Å². The second-order valence-electron chi connectivity index (χ2n) is 0.894. The van der Waals surface area contributed by atoms with Gasteiger partial charge in [0.2, 0.25) is 0 Å². The van der Waals surface area contributed by atoms with E-state index in [1.54, 1.807) is 0 Å².